The van der Waals surface area contributed by atoms with E-state index < -0.39 is 0 Å². The standard InChI is InChI=1S/C14H14ClN3O2/c1-9-3-4-11(15)6-12(9)17-13(19)7-18-8-16-10(2)5-14(18)20/h3-6,8H,7H2,1-2H3,(H,17,19). The summed E-state index contributed by atoms with van der Waals surface area (Å²) in [6, 6.07) is 6.63. The number of halogens is 1. The van der Waals surface area contributed by atoms with Gasteiger partial charge in [0.25, 0.3) is 5.56 Å². The van der Waals surface area contributed by atoms with Crippen molar-refractivity contribution in [1.82, 2.24) is 9.55 Å². The Labute approximate surface area is 121 Å². The van der Waals surface area contributed by atoms with E-state index in [-0.39, 0.29) is 18.0 Å². The molecule has 1 N–H and O–H groups in total. The van der Waals surface area contributed by atoms with Gasteiger partial charge in [0.15, 0.2) is 0 Å². The third kappa shape index (κ3) is 3.45. The molecule has 0 radical (unpaired) electrons. The molecule has 104 valence electrons. The maximum atomic E-state index is 11.9. The van der Waals surface area contributed by atoms with Gasteiger partial charge >= 0.3 is 0 Å². The van der Waals surface area contributed by atoms with Gasteiger partial charge in [-0.05, 0) is 31.5 Å². The monoisotopic (exact) mass is 291 g/mol. The van der Waals surface area contributed by atoms with Crippen LogP contribution in [0.4, 0.5) is 5.69 Å². The lowest BCUT2D eigenvalue weighted by Crippen LogP contribution is -2.27. The number of benzene rings is 1. The smallest absolute Gasteiger partial charge is 0.253 e. The van der Waals surface area contributed by atoms with Gasteiger partial charge in [-0.2, -0.15) is 0 Å². The molecule has 0 bridgehead atoms. The first kappa shape index (κ1) is 14.3. The van der Waals surface area contributed by atoms with E-state index in [4.69, 9.17) is 11.6 Å². The van der Waals surface area contributed by atoms with Gasteiger partial charge in [0.05, 0.1) is 6.33 Å². The average molecular weight is 292 g/mol. The number of aryl methyl sites for hydroxylation is 2. The zero-order chi connectivity index (χ0) is 14.7. The van der Waals surface area contributed by atoms with Crippen LogP contribution in [-0.2, 0) is 11.3 Å². The molecule has 20 heavy (non-hydrogen) atoms. The Morgan fingerprint density at radius 1 is 1.35 bits per heavy atom. The summed E-state index contributed by atoms with van der Waals surface area (Å²) in [4.78, 5) is 27.6. The molecule has 6 heteroatoms. The number of rotatable bonds is 3. The number of nitrogens with one attached hydrogen (secondary N) is 1. The second-order valence-corrected chi connectivity index (χ2v) is 4.94. The SMILES string of the molecule is Cc1cc(=O)n(CC(=O)Nc2cc(Cl)ccc2C)cn1. The lowest BCUT2D eigenvalue weighted by Gasteiger charge is -2.10. The molecule has 0 unspecified atom stereocenters. The fourth-order valence-corrected chi connectivity index (χ4v) is 1.88. The maximum Gasteiger partial charge on any atom is 0.253 e. The lowest BCUT2D eigenvalue weighted by molar-refractivity contribution is -0.116. The quantitative estimate of drug-likeness (QED) is 0.942. The molecule has 0 fully saturated rings. The van der Waals surface area contributed by atoms with Crippen molar-refractivity contribution in [1.29, 1.82) is 0 Å². The van der Waals surface area contributed by atoms with Crippen molar-refractivity contribution in [2.24, 2.45) is 0 Å². The first-order valence-corrected chi connectivity index (χ1v) is 6.42. The number of carbonyl (C=O) groups is 1. The summed E-state index contributed by atoms with van der Waals surface area (Å²) < 4.78 is 1.25. The van der Waals surface area contributed by atoms with E-state index in [1.807, 2.05) is 13.0 Å². The van der Waals surface area contributed by atoms with E-state index in [9.17, 15) is 9.59 Å². The number of aromatic nitrogens is 2. The van der Waals surface area contributed by atoms with Crippen LogP contribution in [0, 0.1) is 13.8 Å². The van der Waals surface area contributed by atoms with Gasteiger partial charge in [0, 0.05) is 22.5 Å². The molecule has 0 aliphatic rings. The highest BCUT2D eigenvalue weighted by atomic mass is 35.5. The molecule has 2 aromatic rings. The van der Waals surface area contributed by atoms with Gasteiger partial charge in [0.2, 0.25) is 5.91 Å². The summed E-state index contributed by atoms with van der Waals surface area (Å²) >= 11 is 5.89. The van der Waals surface area contributed by atoms with E-state index in [0.29, 0.717) is 16.4 Å². The molecule has 0 saturated carbocycles. The first-order valence-electron chi connectivity index (χ1n) is 6.05. The fourth-order valence-electron chi connectivity index (χ4n) is 1.71. The molecule has 0 atom stereocenters. The largest absolute Gasteiger partial charge is 0.324 e. The van der Waals surface area contributed by atoms with Crippen molar-refractivity contribution in [3.8, 4) is 0 Å². The Bertz CT molecular complexity index is 710. The summed E-state index contributed by atoms with van der Waals surface area (Å²) in [7, 11) is 0. The second kappa shape index (κ2) is 5.88. The summed E-state index contributed by atoms with van der Waals surface area (Å²) in [6.45, 7) is 3.50. The molecule has 2 rings (SSSR count). The maximum absolute atomic E-state index is 11.9. The van der Waals surface area contributed by atoms with E-state index in [0.717, 1.165) is 5.56 Å². The number of carbonyl (C=O) groups excluding carboxylic acids is 1. The minimum absolute atomic E-state index is 0.0853. The lowest BCUT2D eigenvalue weighted by atomic mass is 10.2. The van der Waals surface area contributed by atoms with E-state index in [1.165, 1.54) is 17.0 Å². The second-order valence-electron chi connectivity index (χ2n) is 4.50. The molecule has 1 aromatic carbocycles. The third-order valence-corrected chi connectivity index (χ3v) is 3.04. The highest BCUT2D eigenvalue weighted by Crippen LogP contribution is 2.19. The van der Waals surface area contributed by atoms with Crippen molar-refractivity contribution in [3.05, 3.63) is 57.2 Å². The summed E-state index contributed by atoms with van der Waals surface area (Å²) in [5.41, 5.74) is 1.90. The zero-order valence-corrected chi connectivity index (χ0v) is 11.9. The Kier molecular flexibility index (Phi) is 4.20. The topological polar surface area (TPSA) is 64.0 Å². The summed E-state index contributed by atoms with van der Waals surface area (Å²) in [5, 5.41) is 3.27. The van der Waals surface area contributed by atoms with Crippen LogP contribution in [0.15, 0.2) is 35.4 Å². The van der Waals surface area contributed by atoms with Gasteiger partial charge in [-0.1, -0.05) is 17.7 Å². The molecule has 1 amide bonds. The molecule has 1 heterocycles. The summed E-state index contributed by atoms with van der Waals surface area (Å²) in [6.07, 6.45) is 1.36. The molecule has 1 aromatic heterocycles. The van der Waals surface area contributed by atoms with Crippen LogP contribution in [0.1, 0.15) is 11.3 Å². The van der Waals surface area contributed by atoms with Crippen molar-refractivity contribution in [2.75, 3.05) is 5.32 Å². The van der Waals surface area contributed by atoms with Crippen LogP contribution in [0.3, 0.4) is 0 Å². The summed E-state index contributed by atoms with van der Waals surface area (Å²) in [5.74, 6) is -0.303. The number of anilines is 1. The Morgan fingerprint density at radius 3 is 2.80 bits per heavy atom. The fraction of sp³-hybridized carbons (Fsp3) is 0.214. The number of amides is 1. The van der Waals surface area contributed by atoms with Crippen molar-refractivity contribution < 1.29 is 4.79 Å². The van der Waals surface area contributed by atoms with E-state index >= 15 is 0 Å². The van der Waals surface area contributed by atoms with Crippen molar-refractivity contribution in [2.45, 2.75) is 20.4 Å². The highest BCUT2D eigenvalue weighted by Gasteiger charge is 2.07. The van der Waals surface area contributed by atoms with Gasteiger partial charge in [-0.15, -0.1) is 0 Å². The van der Waals surface area contributed by atoms with Crippen LogP contribution in [0.25, 0.3) is 0 Å². The van der Waals surface area contributed by atoms with Gasteiger partial charge in [-0.25, -0.2) is 4.98 Å². The van der Waals surface area contributed by atoms with Gasteiger partial charge < -0.3 is 5.32 Å². The van der Waals surface area contributed by atoms with Crippen LogP contribution >= 0.6 is 11.6 Å². The molecule has 0 spiro atoms. The van der Waals surface area contributed by atoms with Crippen molar-refractivity contribution >= 4 is 23.2 Å². The van der Waals surface area contributed by atoms with Crippen LogP contribution in [0.2, 0.25) is 5.02 Å². The Hall–Kier alpha value is -2.14. The predicted molar refractivity (Wildman–Crippen MR) is 78.1 cm³/mol. The minimum atomic E-state index is -0.303. The van der Waals surface area contributed by atoms with Crippen LogP contribution in [0.5, 0.6) is 0 Å². The zero-order valence-electron chi connectivity index (χ0n) is 11.2. The molecule has 0 saturated heterocycles. The van der Waals surface area contributed by atoms with Crippen LogP contribution in [-0.4, -0.2) is 15.5 Å². The molecular weight excluding hydrogens is 278 g/mol. The number of hydrogen-bond acceptors (Lipinski definition) is 3. The average Bonchev–Trinajstić information content (AvgIpc) is 2.37. The molecule has 0 aliphatic heterocycles. The normalized spacial score (nSPS) is 10.3. The number of hydrogen-bond donors (Lipinski definition) is 1. The van der Waals surface area contributed by atoms with Crippen LogP contribution < -0.4 is 10.9 Å². The van der Waals surface area contributed by atoms with Gasteiger partial charge in [0.1, 0.15) is 6.54 Å². The Balaban J connectivity index is 2.13. The molecular formula is C14H14ClN3O2. The Morgan fingerprint density at radius 2 is 2.10 bits per heavy atom. The number of nitrogens with zero attached hydrogens (tertiary/aromatic N) is 2. The minimum Gasteiger partial charge on any atom is -0.324 e. The highest BCUT2D eigenvalue weighted by molar-refractivity contribution is 6.31. The van der Waals surface area contributed by atoms with Crippen molar-refractivity contribution in [3.63, 3.8) is 0 Å². The third-order valence-electron chi connectivity index (χ3n) is 2.80. The van der Waals surface area contributed by atoms with E-state index in [1.54, 1.807) is 19.1 Å². The first-order chi connectivity index (χ1) is 9.45. The molecule has 5 nitrogen and oxygen atoms in total. The molecule has 0 aliphatic carbocycles. The predicted octanol–water partition coefficient (Wildman–Crippen LogP) is 2.15. The van der Waals surface area contributed by atoms with E-state index in [2.05, 4.69) is 10.3 Å². The van der Waals surface area contributed by atoms with Gasteiger partial charge in [-0.3, -0.25) is 14.2 Å².